The molecule has 0 spiro atoms. The van der Waals surface area contributed by atoms with Crippen molar-refractivity contribution in [2.24, 2.45) is 11.7 Å². The normalized spacial score (nSPS) is 17.4. The summed E-state index contributed by atoms with van der Waals surface area (Å²) in [5.74, 6) is -0.259. The number of nitrogens with two attached hydrogens (primary N) is 1. The molecule has 6 nitrogen and oxygen atoms in total. The number of sulfonamides is 1. The molecule has 1 aliphatic rings. The molecular weight excluding hydrogens is 361 g/mol. The minimum Gasteiger partial charge on any atom is -0.340 e. The van der Waals surface area contributed by atoms with Gasteiger partial charge in [0.2, 0.25) is 15.9 Å². The van der Waals surface area contributed by atoms with Gasteiger partial charge in [0.15, 0.2) is 0 Å². The minimum atomic E-state index is -3.54. The summed E-state index contributed by atoms with van der Waals surface area (Å²) < 4.78 is 26.4. The van der Waals surface area contributed by atoms with Gasteiger partial charge in [0, 0.05) is 43.7 Å². The van der Waals surface area contributed by atoms with Crippen molar-refractivity contribution in [3.05, 3.63) is 29.3 Å². The fourth-order valence-corrected chi connectivity index (χ4v) is 3.87. The Morgan fingerprint density at radius 3 is 2.22 bits per heavy atom. The first-order valence-electron chi connectivity index (χ1n) is 7.11. The first-order valence-corrected chi connectivity index (χ1v) is 8.92. The molecule has 0 radical (unpaired) electrons. The van der Waals surface area contributed by atoms with E-state index >= 15 is 0 Å². The molecule has 9 heteroatoms. The quantitative estimate of drug-likeness (QED) is 0.848. The highest BCUT2D eigenvalue weighted by atomic mass is 35.5. The fraction of sp³-hybridized carbons (Fsp3) is 0.500. The summed E-state index contributed by atoms with van der Waals surface area (Å²) >= 11 is 5.78. The summed E-state index contributed by atoms with van der Waals surface area (Å²) in [6, 6.07) is 6.09. The van der Waals surface area contributed by atoms with Gasteiger partial charge in [0.05, 0.1) is 4.90 Å². The van der Waals surface area contributed by atoms with E-state index in [4.69, 9.17) is 17.3 Å². The van der Waals surface area contributed by atoms with E-state index in [1.807, 2.05) is 0 Å². The van der Waals surface area contributed by atoms with Gasteiger partial charge in [0.25, 0.3) is 0 Å². The molecular formula is C14H21Cl2N3O3S. The summed E-state index contributed by atoms with van der Waals surface area (Å²) in [6.45, 7) is 3.41. The molecule has 1 aromatic carbocycles. The van der Waals surface area contributed by atoms with E-state index < -0.39 is 10.0 Å². The molecule has 1 heterocycles. The highest BCUT2D eigenvalue weighted by Crippen LogP contribution is 2.20. The Bertz CT molecular complexity index is 629. The number of carbonyl (C=O) groups is 1. The van der Waals surface area contributed by atoms with E-state index in [-0.39, 0.29) is 42.2 Å². The highest BCUT2D eigenvalue weighted by molar-refractivity contribution is 7.89. The van der Waals surface area contributed by atoms with Crippen LogP contribution in [0.4, 0.5) is 0 Å². The lowest BCUT2D eigenvalue weighted by Gasteiger charge is -2.35. The minimum absolute atomic E-state index is 0. The van der Waals surface area contributed by atoms with Crippen molar-refractivity contribution in [2.45, 2.75) is 11.8 Å². The third-order valence-corrected chi connectivity index (χ3v) is 5.94. The monoisotopic (exact) mass is 381 g/mol. The zero-order chi connectivity index (χ0) is 16.3. The molecule has 1 saturated heterocycles. The lowest BCUT2D eigenvalue weighted by molar-refractivity contribution is -0.135. The molecule has 1 aromatic rings. The number of hydrogen-bond acceptors (Lipinski definition) is 4. The average molecular weight is 382 g/mol. The van der Waals surface area contributed by atoms with Crippen molar-refractivity contribution in [3.63, 3.8) is 0 Å². The number of piperazine rings is 1. The average Bonchev–Trinajstić information content (AvgIpc) is 2.54. The Balaban J connectivity index is 0.00000264. The second-order valence-electron chi connectivity index (χ2n) is 5.32. The predicted octanol–water partition coefficient (Wildman–Crippen LogP) is 1.19. The van der Waals surface area contributed by atoms with Gasteiger partial charge in [-0.3, -0.25) is 4.79 Å². The van der Waals surface area contributed by atoms with Crippen molar-refractivity contribution >= 4 is 39.9 Å². The van der Waals surface area contributed by atoms with Crippen LogP contribution in [0, 0.1) is 5.92 Å². The number of rotatable bonds is 4. The summed E-state index contributed by atoms with van der Waals surface area (Å²) in [7, 11) is -3.54. The molecule has 2 rings (SSSR count). The Hall–Kier alpha value is -0.860. The first kappa shape index (κ1) is 20.2. The van der Waals surface area contributed by atoms with Crippen molar-refractivity contribution < 1.29 is 13.2 Å². The third kappa shape index (κ3) is 4.58. The smallest absolute Gasteiger partial charge is 0.243 e. The predicted molar refractivity (Wildman–Crippen MR) is 92.3 cm³/mol. The number of amides is 1. The second-order valence-corrected chi connectivity index (χ2v) is 7.69. The van der Waals surface area contributed by atoms with Crippen molar-refractivity contribution in [1.82, 2.24) is 9.21 Å². The van der Waals surface area contributed by atoms with Crippen molar-refractivity contribution in [1.29, 1.82) is 0 Å². The first-order chi connectivity index (χ1) is 10.4. The Kier molecular flexibility index (Phi) is 7.29. The van der Waals surface area contributed by atoms with Crippen LogP contribution in [0.2, 0.25) is 5.02 Å². The van der Waals surface area contributed by atoms with Crippen LogP contribution in [0.1, 0.15) is 6.92 Å². The van der Waals surface area contributed by atoms with Crippen LogP contribution in [0.3, 0.4) is 0 Å². The zero-order valence-electron chi connectivity index (χ0n) is 12.8. The maximum absolute atomic E-state index is 12.5. The van der Waals surface area contributed by atoms with Gasteiger partial charge in [-0.05, 0) is 24.3 Å². The van der Waals surface area contributed by atoms with E-state index in [1.54, 1.807) is 24.0 Å². The number of carbonyl (C=O) groups excluding carboxylic acids is 1. The van der Waals surface area contributed by atoms with E-state index in [2.05, 4.69) is 0 Å². The molecule has 0 saturated carbocycles. The van der Waals surface area contributed by atoms with E-state index in [9.17, 15) is 13.2 Å². The van der Waals surface area contributed by atoms with Crippen LogP contribution in [0.25, 0.3) is 0 Å². The number of halogens is 2. The molecule has 0 aromatic heterocycles. The molecule has 1 aliphatic heterocycles. The standard InChI is InChI=1S/C14H20ClN3O3S.ClH/c1-11(10-16)14(19)17-6-8-18(9-7-17)22(20,21)13-4-2-12(15)3-5-13;/h2-5,11H,6-10,16H2,1H3;1H. The van der Waals surface area contributed by atoms with E-state index in [1.165, 1.54) is 16.4 Å². The fourth-order valence-electron chi connectivity index (χ4n) is 2.32. The molecule has 1 amide bonds. The molecule has 130 valence electrons. The number of benzene rings is 1. The van der Waals surface area contributed by atoms with E-state index in [0.717, 1.165) is 0 Å². The van der Waals surface area contributed by atoms with E-state index in [0.29, 0.717) is 24.7 Å². The lowest BCUT2D eigenvalue weighted by Crippen LogP contribution is -2.52. The summed E-state index contributed by atoms with van der Waals surface area (Å²) in [5, 5.41) is 0.491. The number of hydrogen-bond donors (Lipinski definition) is 1. The summed E-state index contributed by atoms with van der Waals surface area (Å²) in [6.07, 6.45) is 0. The SMILES string of the molecule is CC(CN)C(=O)N1CCN(S(=O)(=O)c2ccc(Cl)cc2)CC1.Cl. The van der Waals surface area contributed by atoms with Gasteiger partial charge in [-0.2, -0.15) is 4.31 Å². The van der Waals surface area contributed by atoms with Gasteiger partial charge < -0.3 is 10.6 Å². The Labute approximate surface area is 148 Å². The third-order valence-electron chi connectivity index (χ3n) is 3.78. The van der Waals surface area contributed by atoms with Gasteiger partial charge in [-0.25, -0.2) is 8.42 Å². The van der Waals surface area contributed by atoms with Gasteiger partial charge >= 0.3 is 0 Å². The topological polar surface area (TPSA) is 83.7 Å². The molecule has 1 fully saturated rings. The van der Waals surface area contributed by atoms with Crippen LogP contribution in [-0.4, -0.2) is 56.3 Å². The lowest BCUT2D eigenvalue weighted by atomic mass is 10.1. The number of nitrogens with zero attached hydrogens (tertiary/aromatic N) is 2. The van der Waals surface area contributed by atoms with Crippen LogP contribution in [-0.2, 0) is 14.8 Å². The maximum Gasteiger partial charge on any atom is 0.243 e. The molecule has 1 atom stereocenters. The van der Waals surface area contributed by atoms with Gasteiger partial charge in [-0.1, -0.05) is 18.5 Å². The van der Waals surface area contributed by atoms with Crippen LogP contribution < -0.4 is 5.73 Å². The Morgan fingerprint density at radius 1 is 1.22 bits per heavy atom. The highest BCUT2D eigenvalue weighted by Gasteiger charge is 2.31. The summed E-state index contributed by atoms with van der Waals surface area (Å²) in [5.41, 5.74) is 5.50. The van der Waals surface area contributed by atoms with Crippen molar-refractivity contribution in [3.8, 4) is 0 Å². The second kappa shape index (κ2) is 8.30. The molecule has 0 bridgehead atoms. The Morgan fingerprint density at radius 2 is 1.74 bits per heavy atom. The molecule has 23 heavy (non-hydrogen) atoms. The molecule has 1 unspecified atom stereocenters. The summed E-state index contributed by atoms with van der Waals surface area (Å²) in [4.78, 5) is 13.9. The van der Waals surface area contributed by atoms with Crippen LogP contribution in [0.5, 0.6) is 0 Å². The van der Waals surface area contributed by atoms with Gasteiger partial charge in [-0.15, -0.1) is 12.4 Å². The largest absolute Gasteiger partial charge is 0.340 e. The van der Waals surface area contributed by atoms with Crippen LogP contribution >= 0.6 is 24.0 Å². The van der Waals surface area contributed by atoms with Crippen molar-refractivity contribution in [2.75, 3.05) is 32.7 Å². The van der Waals surface area contributed by atoms with Crippen LogP contribution in [0.15, 0.2) is 29.2 Å². The molecule has 0 aliphatic carbocycles. The zero-order valence-corrected chi connectivity index (χ0v) is 15.2. The molecule has 2 N–H and O–H groups in total. The maximum atomic E-state index is 12.5. The van der Waals surface area contributed by atoms with Gasteiger partial charge in [0.1, 0.15) is 0 Å².